The van der Waals surface area contributed by atoms with Crippen molar-refractivity contribution >= 4 is 22.8 Å². The van der Waals surface area contributed by atoms with Crippen LogP contribution in [0.15, 0.2) is 18.2 Å². The smallest absolute Gasteiger partial charge is 0.325 e. The van der Waals surface area contributed by atoms with Gasteiger partial charge in [-0.3, -0.25) is 9.59 Å². The maximum atomic E-state index is 12.6. The number of aromatic nitrogens is 1. The average Bonchev–Trinajstić information content (AvgIpc) is 2.79. The number of ether oxygens (including phenoxy) is 1. The van der Waals surface area contributed by atoms with Crippen LogP contribution in [0, 0.1) is 6.92 Å². The van der Waals surface area contributed by atoms with Gasteiger partial charge in [0.1, 0.15) is 11.8 Å². The van der Waals surface area contributed by atoms with Crippen LogP contribution in [0.2, 0.25) is 0 Å². The summed E-state index contributed by atoms with van der Waals surface area (Å²) in [6.45, 7) is 6.18. The lowest BCUT2D eigenvalue weighted by Gasteiger charge is -2.10. The Kier molecular flexibility index (Phi) is 4.93. The summed E-state index contributed by atoms with van der Waals surface area (Å²) >= 11 is 0. The van der Waals surface area contributed by atoms with Gasteiger partial charge in [-0.15, -0.1) is 0 Å². The van der Waals surface area contributed by atoms with Gasteiger partial charge in [-0.1, -0.05) is 6.92 Å². The summed E-state index contributed by atoms with van der Waals surface area (Å²) in [5, 5.41) is 12.3. The summed E-state index contributed by atoms with van der Waals surface area (Å²) in [5.41, 5.74) is 2.27. The highest BCUT2D eigenvalue weighted by Gasteiger charge is 2.23. The van der Waals surface area contributed by atoms with Crippen LogP contribution in [0.5, 0.6) is 5.75 Å². The number of carboxylic acid groups (broad SMARTS) is 1. The number of carbonyl (C=O) groups excluding carboxylic acids is 1. The molecule has 0 saturated carbocycles. The van der Waals surface area contributed by atoms with E-state index in [0.29, 0.717) is 11.3 Å². The first kappa shape index (κ1) is 16.9. The fraction of sp³-hybridized carbons (Fsp3) is 0.412. The summed E-state index contributed by atoms with van der Waals surface area (Å²) in [5.74, 6) is -0.789. The van der Waals surface area contributed by atoms with Crippen molar-refractivity contribution in [1.82, 2.24) is 9.88 Å². The van der Waals surface area contributed by atoms with Crippen LogP contribution in [-0.4, -0.2) is 34.7 Å². The molecule has 2 N–H and O–H groups in total. The number of nitrogens with zero attached hydrogens (tertiary/aromatic N) is 1. The molecule has 23 heavy (non-hydrogen) atoms. The number of hydrogen-bond donors (Lipinski definition) is 2. The zero-order valence-corrected chi connectivity index (χ0v) is 13.8. The van der Waals surface area contributed by atoms with E-state index in [1.807, 2.05) is 25.1 Å². The first-order valence-corrected chi connectivity index (χ1v) is 7.61. The monoisotopic (exact) mass is 318 g/mol. The lowest BCUT2D eigenvalue weighted by Crippen LogP contribution is -2.38. The van der Waals surface area contributed by atoms with Crippen LogP contribution in [0.3, 0.4) is 0 Å². The molecule has 2 aromatic rings. The number of rotatable bonds is 6. The third kappa shape index (κ3) is 3.16. The van der Waals surface area contributed by atoms with Gasteiger partial charge in [0.05, 0.1) is 12.7 Å². The summed E-state index contributed by atoms with van der Waals surface area (Å²) in [6, 6.07) is 4.65. The van der Waals surface area contributed by atoms with Crippen molar-refractivity contribution < 1.29 is 19.4 Å². The van der Waals surface area contributed by atoms with E-state index in [0.717, 1.165) is 29.6 Å². The Morgan fingerprint density at radius 2 is 2.09 bits per heavy atom. The van der Waals surface area contributed by atoms with Crippen molar-refractivity contribution in [2.45, 2.75) is 39.8 Å². The zero-order valence-electron chi connectivity index (χ0n) is 13.8. The number of aliphatic carboxylic acids is 1. The zero-order chi connectivity index (χ0) is 17.1. The average molecular weight is 318 g/mol. The molecule has 124 valence electrons. The van der Waals surface area contributed by atoms with Gasteiger partial charge < -0.3 is 19.7 Å². The predicted molar refractivity (Wildman–Crippen MR) is 88.1 cm³/mol. The molecule has 0 fully saturated rings. The summed E-state index contributed by atoms with van der Waals surface area (Å²) < 4.78 is 7.33. The molecule has 1 atom stereocenters. The highest BCUT2D eigenvalue weighted by atomic mass is 16.5. The SMILES string of the molecule is CCCn1c(C)c(C(=O)N[C@@H](C)C(=O)O)c2cc(OC)ccc21. The molecule has 1 heterocycles. The minimum atomic E-state index is -1.06. The Hall–Kier alpha value is -2.50. The number of carbonyl (C=O) groups is 2. The van der Waals surface area contributed by atoms with Crippen molar-refractivity contribution in [2.24, 2.45) is 0 Å². The molecule has 6 nitrogen and oxygen atoms in total. The van der Waals surface area contributed by atoms with E-state index in [-0.39, 0.29) is 5.91 Å². The van der Waals surface area contributed by atoms with Gasteiger partial charge in [0.2, 0.25) is 0 Å². The third-order valence-corrected chi connectivity index (χ3v) is 3.92. The molecule has 1 amide bonds. The van der Waals surface area contributed by atoms with E-state index < -0.39 is 12.0 Å². The Morgan fingerprint density at radius 1 is 1.39 bits per heavy atom. The maximum absolute atomic E-state index is 12.6. The molecule has 1 aromatic heterocycles. The number of fused-ring (bicyclic) bond motifs is 1. The normalized spacial score (nSPS) is 12.2. The van der Waals surface area contributed by atoms with E-state index in [9.17, 15) is 9.59 Å². The maximum Gasteiger partial charge on any atom is 0.325 e. The lowest BCUT2D eigenvalue weighted by molar-refractivity contribution is -0.138. The molecular weight excluding hydrogens is 296 g/mol. The molecular formula is C17H22N2O4. The van der Waals surface area contributed by atoms with Crippen LogP contribution >= 0.6 is 0 Å². The van der Waals surface area contributed by atoms with Crippen molar-refractivity contribution in [3.8, 4) is 5.75 Å². The molecule has 6 heteroatoms. The Balaban J connectivity index is 2.58. The number of methoxy groups -OCH3 is 1. The van der Waals surface area contributed by atoms with E-state index in [2.05, 4.69) is 16.8 Å². The van der Waals surface area contributed by atoms with Crippen molar-refractivity contribution in [1.29, 1.82) is 0 Å². The molecule has 0 saturated heterocycles. The molecule has 2 rings (SSSR count). The molecule has 0 bridgehead atoms. The highest BCUT2D eigenvalue weighted by molar-refractivity contribution is 6.09. The number of aryl methyl sites for hydroxylation is 1. The minimum absolute atomic E-state index is 0.384. The van der Waals surface area contributed by atoms with Crippen molar-refractivity contribution in [3.05, 3.63) is 29.5 Å². The number of benzene rings is 1. The van der Waals surface area contributed by atoms with Crippen LogP contribution in [0.25, 0.3) is 10.9 Å². The van der Waals surface area contributed by atoms with Gasteiger partial charge in [0.25, 0.3) is 5.91 Å². The van der Waals surface area contributed by atoms with Gasteiger partial charge in [-0.25, -0.2) is 0 Å². The Labute approximate surface area is 135 Å². The molecule has 0 unspecified atom stereocenters. The predicted octanol–water partition coefficient (Wildman–Crippen LogP) is 2.57. The summed E-state index contributed by atoms with van der Waals surface area (Å²) in [6.07, 6.45) is 0.934. The van der Waals surface area contributed by atoms with Crippen LogP contribution in [0.1, 0.15) is 36.3 Å². The number of hydrogen-bond acceptors (Lipinski definition) is 3. The van der Waals surface area contributed by atoms with Crippen molar-refractivity contribution in [3.63, 3.8) is 0 Å². The third-order valence-electron chi connectivity index (χ3n) is 3.92. The minimum Gasteiger partial charge on any atom is -0.497 e. The topological polar surface area (TPSA) is 80.6 Å². The first-order chi connectivity index (χ1) is 10.9. The van der Waals surface area contributed by atoms with Gasteiger partial charge in [0.15, 0.2) is 0 Å². The Bertz CT molecular complexity index is 749. The van der Waals surface area contributed by atoms with Gasteiger partial charge in [-0.2, -0.15) is 0 Å². The van der Waals surface area contributed by atoms with E-state index >= 15 is 0 Å². The largest absolute Gasteiger partial charge is 0.497 e. The molecule has 1 aromatic carbocycles. The number of nitrogens with one attached hydrogen (secondary N) is 1. The second kappa shape index (κ2) is 6.73. The fourth-order valence-corrected chi connectivity index (χ4v) is 2.72. The van der Waals surface area contributed by atoms with Crippen LogP contribution in [-0.2, 0) is 11.3 Å². The van der Waals surface area contributed by atoms with E-state index in [1.165, 1.54) is 6.92 Å². The molecule has 0 aliphatic rings. The lowest BCUT2D eigenvalue weighted by atomic mass is 10.1. The second-order valence-electron chi connectivity index (χ2n) is 5.53. The molecule has 0 spiro atoms. The molecule has 0 radical (unpaired) electrons. The first-order valence-electron chi connectivity index (χ1n) is 7.61. The molecule has 0 aliphatic carbocycles. The molecule has 0 aliphatic heterocycles. The van der Waals surface area contributed by atoms with Gasteiger partial charge in [-0.05, 0) is 38.5 Å². The van der Waals surface area contributed by atoms with Gasteiger partial charge >= 0.3 is 5.97 Å². The standard InChI is InChI=1S/C17H22N2O4/c1-5-8-19-11(3)15(16(20)18-10(2)17(21)22)13-9-12(23-4)6-7-14(13)19/h6-7,9-10H,5,8H2,1-4H3,(H,18,20)(H,21,22)/t10-/m0/s1. The van der Waals surface area contributed by atoms with E-state index in [4.69, 9.17) is 9.84 Å². The number of carboxylic acids is 1. The van der Waals surface area contributed by atoms with Gasteiger partial charge in [0, 0.05) is 23.1 Å². The highest BCUT2D eigenvalue weighted by Crippen LogP contribution is 2.29. The Morgan fingerprint density at radius 3 is 2.65 bits per heavy atom. The summed E-state index contributed by atoms with van der Waals surface area (Å²) in [7, 11) is 1.57. The van der Waals surface area contributed by atoms with Crippen molar-refractivity contribution in [2.75, 3.05) is 7.11 Å². The van der Waals surface area contributed by atoms with Crippen LogP contribution in [0.4, 0.5) is 0 Å². The summed E-state index contributed by atoms with van der Waals surface area (Å²) in [4.78, 5) is 23.6. The quantitative estimate of drug-likeness (QED) is 0.858. The second-order valence-corrected chi connectivity index (χ2v) is 5.53. The van der Waals surface area contributed by atoms with E-state index in [1.54, 1.807) is 7.11 Å². The van der Waals surface area contributed by atoms with Crippen LogP contribution < -0.4 is 10.1 Å². The number of amides is 1. The fourth-order valence-electron chi connectivity index (χ4n) is 2.72.